The minimum atomic E-state index is -0.213. The molecule has 1 amide bonds. The van der Waals surface area contributed by atoms with E-state index in [4.69, 9.17) is 0 Å². The lowest BCUT2D eigenvalue weighted by molar-refractivity contribution is -0.117. The monoisotopic (exact) mass is 298 g/mol. The van der Waals surface area contributed by atoms with E-state index in [1.54, 1.807) is 6.08 Å². The molecule has 0 radical (unpaired) electrons. The topological polar surface area (TPSA) is 62.2 Å². The minimum Gasteiger partial charge on any atom is -0.394 e. The predicted octanol–water partition coefficient (Wildman–Crippen LogP) is 2.77. The van der Waals surface area contributed by atoms with E-state index in [1.807, 2.05) is 36.4 Å². The van der Waals surface area contributed by atoms with Gasteiger partial charge in [0, 0.05) is 11.5 Å². The third-order valence-electron chi connectivity index (χ3n) is 3.35. The summed E-state index contributed by atoms with van der Waals surface area (Å²) in [5.74, 6) is 0.207. The summed E-state index contributed by atoms with van der Waals surface area (Å²) < 4.78 is 0. The molecule has 2 aromatic rings. The highest BCUT2D eigenvalue weighted by atomic mass is 16.3. The minimum absolute atomic E-state index is 0.0496. The van der Waals surface area contributed by atoms with Crippen molar-refractivity contribution >= 4 is 22.9 Å². The molecule has 1 aromatic carbocycles. The largest absolute Gasteiger partial charge is 0.394 e. The number of carbonyl (C=O) groups excluding carboxylic acids is 1. The fourth-order valence-electron chi connectivity index (χ4n) is 2.33. The van der Waals surface area contributed by atoms with Crippen molar-refractivity contribution in [2.75, 3.05) is 6.61 Å². The second-order valence-electron chi connectivity index (χ2n) is 5.78. The van der Waals surface area contributed by atoms with Crippen LogP contribution in [0.2, 0.25) is 0 Å². The zero-order chi connectivity index (χ0) is 15.9. The van der Waals surface area contributed by atoms with Crippen molar-refractivity contribution in [1.29, 1.82) is 0 Å². The fourth-order valence-corrected chi connectivity index (χ4v) is 2.33. The third-order valence-corrected chi connectivity index (χ3v) is 3.35. The van der Waals surface area contributed by atoms with Crippen LogP contribution in [0.5, 0.6) is 0 Å². The number of hydrogen-bond acceptors (Lipinski definition) is 3. The summed E-state index contributed by atoms with van der Waals surface area (Å²) in [6, 6.07) is 11.5. The van der Waals surface area contributed by atoms with E-state index in [-0.39, 0.29) is 18.6 Å². The van der Waals surface area contributed by atoms with Crippen LogP contribution in [0.15, 0.2) is 42.5 Å². The maximum absolute atomic E-state index is 11.9. The molecular weight excluding hydrogens is 276 g/mol. The number of carbonyl (C=O) groups is 1. The van der Waals surface area contributed by atoms with Crippen molar-refractivity contribution in [3.63, 3.8) is 0 Å². The Morgan fingerprint density at radius 3 is 2.77 bits per heavy atom. The molecule has 1 heterocycles. The first-order valence-electron chi connectivity index (χ1n) is 7.53. The third kappa shape index (κ3) is 4.67. The van der Waals surface area contributed by atoms with Crippen molar-refractivity contribution < 1.29 is 9.90 Å². The molecule has 0 saturated heterocycles. The van der Waals surface area contributed by atoms with Gasteiger partial charge in [0.2, 0.25) is 5.91 Å². The summed E-state index contributed by atoms with van der Waals surface area (Å²) in [5.41, 5.74) is 1.64. The Hall–Kier alpha value is -2.20. The number of fused-ring (bicyclic) bond motifs is 1. The van der Waals surface area contributed by atoms with Crippen LogP contribution in [0.25, 0.3) is 17.0 Å². The van der Waals surface area contributed by atoms with Gasteiger partial charge in [0.1, 0.15) is 0 Å². The Balaban J connectivity index is 2.01. The number of hydrogen-bond donors (Lipinski definition) is 2. The second kappa shape index (κ2) is 7.71. The van der Waals surface area contributed by atoms with Gasteiger partial charge in [0.25, 0.3) is 0 Å². The molecule has 0 saturated carbocycles. The molecule has 0 fully saturated rings. The molecule has 0 aliphatic carbocycles. The molecular formula is C18H22N2O2. The summed E-state index contributed by atoms with van der Waals surface area (Å²) in [6.07, 6.45) is 3.90. The zero-order valence-corrected chi connectivity index (χ0v) is 13.0. The summed E-state index contributed by atoms with van der Waals surface area (Å²) in [5, 5.41) is 13.1. The molecule has 0 aliphatic heterocycles. The first kappa shape index (κ1) is 16.2. The number of rotatable bonds is 6. The van der Waals surface area contributed by atoms with Crippen LogP contribution in [-0.4, -0.2) is 28.6 Å². The smallest absolute Gasteiger partial charge is 0.244 e. The molecule has 1 atom stereocenters. The van der Waals surface area contributed by atoms with Gasteiger partial charge in [-0.1, -0.05) is 38.1 Å². The molecule has 2 N–H and O–H groups in total. The maximum atomic E-state index is 11.9. The maximum Gasteiger partial charge on any atom is 0.244 e. The zero-order valence-electron chi connectivity index (χ0n) is 13.0. The van der Waals surface area contributed by atoms with Gasteiger partial charge in [0.15, 0.2) is 0 Å². The van der Waals surface area contributed by atoms with E-state index in [1.165, 1.54) is 6.08 Å². The lowest BCUT2D eigenvalue weighted by atomic mass is 10.0. The van der Waals surface area contributed by atoms with Crippen LogP contribution in [0.4, 0.5) is 0 Å². The summed E-state index contributed by atoms with van der Waals surface area (Å²) in [7, 11) is 0. The second-order valence-corrected chi connectivity index (χ2v) is 5.78. The fraction of sp³-hybridized carbons (Fsp3) is 0.333. The molecule has 116 valence electrons. The highest BCUT2D eigenvalue weighted by Crippen LogP contribution is 2.12. The SMILES string of the molecule is CC(C)CC(CO)NC(=O)/C=C/c1ccc2ccccc2n1. The Bertz CT molecular complexity index is 665. The van der Waals surface area contributed by atoms with E-state index in [0.29, 0.717) is 5.92 Å². The van der Waals surface area contributed by atoms with Crippen LogP contribution in [0.1, 0.15) is 26.0 Å². The number of nitrogens with zero attached hydrogens (tertiary/aromatic N) is 1. The van der Waals surface area contributed by atoms with Crippen molar-refractivity contribution in [3.8, 4) is 0 Å². The van der Waals surface area contributed by atoms with Crippen LogP contribution in [0, 0.1) is 5.92 Å². The van der Waals surface area contributed by atoms with Crippen LogP contribution in [0.3, 0.4) is 0 Å². The molecule has 4 heteroatoms. The number of aliphatic hydroxyl groups is 1. The van der Waals surface area contributed by atoms with Crippen molar-refractivity contribution in [2.24, 2.45) is 5.92 Å². The molecule has 0 aliphatic rings. The average Bonchev–Trinajstić information content (AvgIpc) is 2.51. The van der Waals surface area contributed by atoms with E-state index in [9.17, 15) is 9.90 Å². The van der Waals surface area contributed by atoms with Crippen LogP contribution >= 0.6 is 0 Å². The quantitative estimate of drug-likeness (QED) is 0.806. The number of amides is 1. The molecule has 1 aromatic heterocycles. The number of para-hydroxylation sites is 1. The summed E-state index contributed by atoms with van der Waals surface area (Å²) in [6.45, 7) is 4.07. The van der Waals surface area contributed by atoms with Gasteiger partial charge in [-0.15, -0.1) is 0 Å². The molecule has 2 rings (SSSR count). The first-order chi connectivity index (χ1) is 10.6. The van der Waals surface area contributed by atoms with Crippen LogP contribution < -0.4 is 5.32 Å². The van der Waals surface area contributed by atoms with Gasteiger partial charge in [-0.2, -0.15) is 0 Å². The number of aromatic nitrogens is 1. The Labute approximate surface area is 130 Å². The van der Waals surface area contributed by atoms with E-state index in [2.05, 4.69) is 24.1 Å². The van der Waals surface area contributed by atoms with E-state index < -0.39 is 0 Å². The molecule has 4 nitrogen and oxygen atoms in total. The molecule has 1 unspecified atom stereocenters. The van der Waals surface area contributed by atoms with E-state index >= 15 is 0 Å². The number of nitrogens with one attached hydrogen (secondary N) is 1. The lowest BCUT2D eigenvalue weighted by Crippen LogP contribution is -2.37. The average molecular weight is 298 g/mol. The van der Waals surface area contributed by atoms with Crippen molar-refractivity contribution in [3.05, 3.63) is 48.2 Å². The Morgan fingerprint density at radius 1 is 1.27 bits per heavy atom. The summed E-state index contributed by atoms with van der Waals surface area (Å²) >= 11 is 0. The Kier molecular flexibility index (Phi) is 5.67. The van der Waals surface area contributed by atoms with Gasteiger partial charge in [-0.05, 0) is 30.5 Å². The normalized spacial score (nSPS) is 12.9. The highest BCUT2D eigenvalue weighted by molar-refractivity contribution is 5.92. The number of pyridine rings is 1. The molecule has 22 heavy (non-hydrogen) atoms. The van der Waals surface area contributed by atoms with Gasteiger partial charge in [0.05, 0.1) is 23.9 Å². The van der Waals surface area contributed by atoms with Crippen LogP contribution in [-0.2, 0) is 4.79 Å². The molecule has 0 spiro atoms. The standard InChI is InChI=1S/C18H22N2O2/c1-13(2)11-16(12-21)20-18(22)10-9-15-8-7-14-5-3-4-6-17(14)19-15/h3-10,13,16,21H,11-12H2,1-2H3,(H,20,22)/b10-9+. The van der Waals surface area contributed by atoms with Gasteiger partial charge >= 0.3 is 0 Å². The highest BCUT2D eigenvalue weighted by Gasteiger charge is 2.11. The van der Waals surface area contributed by atoms with Crippen molar-refractivity contribution in [2.45, 2.75) is 26.3 Å². The van der Waals surface area contributed by atoms with Gasteiger partial charge < -0.3 is 10.4 Å². The lowest BCUT2D eigenvalue weighted by Gasteiger charge is -2.17. The number of benzene rings is 1. The van der Waals surface area contributed by atoms with E-state index in [0.717, 1.165) is 23.0 Å². The first-order valence-corrected chi connectivity index (χ1v) is 7.53. The van der Waals surface area contributed by atoms with Crippen molar-refractivity contribution in [1.82, 2.24) is 10.3 Å². The predicted molar refractivity (Wildman–Crippen MR) is 89.2 cm³/mol. The Morgan fingerprint density at radius 2 is 2.05 bits per heavy atom. The van der Waals surface area contributed by atoms with Gasteiger partial charge in [-0.3, -0.25) is 4.79 Å². The van der Waals surface area contributed by atoms with Gasteiger partial charge in [-0.25, -0.2) is 4.98 Å². The number of aliphatic hydroxyl groups excluding tert-OH is 1. The summed E-state index contributed by atoms with van der Waals surface area (Å²) in [4.78, 5) is 16.4. The molecule has 0 bridgehead atoms.